The molecule has 1 unspecified atom stereocenters. The molecule has 1 saturated heterocycles. The number of anilines is 1. The topological polar surface area (TPSA) is 33.1 Å². The summed E-state index contributed by atoms with van der Waals surface area (Å²) >= 11 is 0. The van der Waals surface area contributed by atoms with Gasteiger partial charge in [-0.1, -0.05) is 19.3 Å². The van der Waals surface area contributed by atoms with Gasteiger partial charge in [-0.3, -0.25) is 4.68 Å². The first kappa shape index (κ1) is 13.0. The standard InChI is InChI=1S/C15H26N4/c1-12-9-16-15(7-5-4-6-8-15)11-19(12)14-10-18(3)17-13(14)2/h10,12,16H,4-9,11H2,1-3H3. The monoisotopic (exact) mass is 262 g/mol. The van der Waals surface area contributed by atoms with Crippen LogP contribution in [-0.2, 0) is 7.05 Å². The van der Waals surface area contributed by atoms with Crippen LogP contribution in [0, 0.1) is 6.92 Å². The summed E-state index contributed by atoms with van der Waals surface area (Å²) in [6.07, 6.45) is 8.99. The molecular formula is C15H26N4. The zero-order chi connectivity index (χ0) is 13.5. The van der Waals surface area contributed by atoms with Gasteiger partial charge in [0.2, 0.25) is 0 Å². The predicted molar refractivity (Wildman–Crippen MR) is 78.6 cm³/mol. The van der Waals surface area contributed by atoms with Crippen LogP contribution >= 0.6 is 0 Å². The Labute approximate surface area is 116 Å². The molecule has 2 aliphatic rings. The molecule has 1 aliphatic carbocycles. The fraction of sp³-hybridized carbons (Fsp3) is 0.800. The number of rotatable bonds is 1. The van der Waals surface area contributed by atoms with Crippen LogP contribution in [0.2, 0.25) is 0 Å². The van der Waals surface area contributed by atoms with Crippen LogP contribution in [0.3, 0.4) is 0 Å². The number of nitrogens with zero attached hydrogens (tertiary/aromatic N) is 3. The smallest absolute Gasteiger partial charge is 0.0827 e. The zero-order valence-corrected chi connectivity index (χ0v) is 12.4. The largest absolute Gasteiger partial charge is 0.363 e. The van der Waals surface area contributed by atoms with Crippen molar-refractivity contribution in [1.82, 2.24) is 15.1 Å². The molecule has 3 rings (SSSR count). The van der Waals surface area contributed by atoms with E-state index in [1.807, 2.05) is 11.7 Å². The highest BCUT2D eigenvalue weighted by atomic mass is 15.3. The summed E-state index contributed by atoms with van der Waals surface area (Å²) in [6, 6.07) is 0.551. The maximum atomic E-state index is 4.51. The van der Waals surface area contributed by atoms with E-state index >= 15 is 0 Å². The van der Waals surface area contributed by atoms with E-state index in [2.05, 4.69) is 35.4 Å². The summed E-state index contributed by atoms with van der Waals surface area (Å²) in [7, 11) is 2.01. The first-order valence-corrected chi connectivity index (χ1v) is 7.62. The van der Waals surface area contributed by atoms with Crippen LogP contribution in [0.1, 0.15) is 44.7 Å². The Kier molecular flexibility index (Phi) is 3.29. The van der Waals surface area contributed by atoms with E-state index in [4.69, 9.17) is 0 Å². The van der Waals surface area contributed by atoms with Crippen molar-refractivity contribution in [3.8, 4) is 0 Å². The maximum Gasteiger partial charge on any atom is 0.0827 e. The Hall–Kier alpha value is -1.03. The van der Waals surface area contributed by atoms with Crippen molar-refractivity contribution < 1.29 is 0 Å². The zero-order valence-electron chi connectivity index (χ0n) is 12.4. The number of aryl methyl sites for hydroxylation is 2. The molecule has 1 saturated carbocycles. The summed E-state index contributed by atoms with van der Waals surface area (Å²) < 4.78 is 1.94. The number of hydrogen-bond donors (Lipinski definition) is 1. The van der Waals surface area contributed by atoms with E-state index in [1.165, 1.54) is 37.8 Å². The Morgan fingerprint density at radius 1 is 1.32 bits per heavy atom. The van der Waals surface area contributed by atoms with Crippen molar-refractivity contribution in [3.63, 3.8) is 0 Å². The number of aromatic nitrogens is 2. The molecular weight excluding hydrogens is 236 g/mol. The minimum atomic E-state index is 0.354. The lowest BCUT2D eigenvalue weighted by molar-refractivity contribution is 0.200. The van der Waals surface area contributed by atoms with Gasteiger partial charge < -0.3 is 10.2 Å². The average Bonchev–Trinajstić information content (AvgIpc) is 2.73. The second kappa shape index (κ2) is 4.82. The van der Waals surface area contributed by atoms with Gasteiger partial charge in [-0.25, -0.2) is 0 Å². The van der Waals surface area contributed by atoms with E-state index in [9.17, 15) is 0 Å². The van der Waals surface area contributed by atoms with E-state index in [0.717, 1.165) is 18.8 Å². The summed E-state index contributed by atoms with van der Waals surface area (Å²) in [6.45, 7) is 6.67. The van der Waals surface area contributed by atoms with Gasteiger partial charge in [-0.15, -0.1) is 0 Å². The minimum absolute atomic E-state index is 0.354. The number of hydrogen-bond acceptors (Lipinski definition) is 3. The minimum Gasteiger partial charge on any atom is -0.363 e. The first-order chi connectivity index (χ1) is 9.10. The van der Waals surface area contributed by atoms with Gasteiger partial charge in [-0.2, -0.15) is 5.10 Å². The summed E-state index contributed by atoms with van der Waals surface area (Å²) in [4.78, 5) is 2.57. The van der Waals surface area contributed by atoms with Crippen molar-refractivity contribution in [1.29, 1.82) is 0 Å². The normalized spacial score (nSPS) is 26.9. The van der Waals surface area contributed by atoms with Gasteiger partial charge in [-0.05, 0) is 26.7 Å². The van der Waals surface area contributed by atoms with Crippen molar-refractivity contribution in [3.05, 3.63) is 11.9 Å². The summed E-state index contributed by atoms with van der Waals surface area (Å²) in [5.74, 6) is 0. The molecule has 2 fully saturated rings. The third kappa shape index (κ3) is 2.38. The van der Waals surface area contributed by atoms with Crippen LogP contribution in [0.5, 0.6) is 0 Å². The highest BCUT2D eigenvalue weighted by Crippen LogP contribution is 2.34. The molecule has 19 heavy (non-hydrogen) atoms. The molecule has 1 aliphatic heterocycles. The van der Waals surface area contributed by atoms with Crippen LogP contribution in [0.15, 0.2) is 6.20 Å². The molecule has 1 N–H and O–H groups in total. The molecule has 4 nitrogen and oxygen atoms in total. The molecule has 1 aromatic rings. The van der Waals surface area contributed by atoms with Crippen LogP contribution < -0.4 is 10.2 Å². The van der Waals surface area contributed by atoms with Crippen LogP contribution in [0.4, 0.5) is 5.69 Å². The van der Waals surface area contributed by atoms with Gasteiger partial charge in [0, 0.05) is 37.9 Å². The van der Waals surface area contributed by atoms with Gasteiger partial charge in [0.15, 0.2) is 0 Å². The Morgan fingerprint density at radius 2 is 2.05 bits per heavy atom. The molecule has 0 bridgehead atoms. The fourth-order valence-corrected chi connectivity index (χ4v) is 3.77. The molecule has 1 spiro atoms. The highest BCUT2D eigenvalue weighted by molar-refractivity contribution is 5.51. The highest BCUT2D eigenvalue weighted by Gasteiger charge is 2.39. The lowest BCUT2D eigenvalue weighted by atomic mass is 9.79. The van der Waals surface area contributed by atoms with Crippen molar-refractivity contribution in [2.24, 2.45) is 7.05 Å². The Balaban J connectivity index is 1.85. The van der Waals surface area contributed by atoms with Crippen molar-refractivity contribution in [2.75, 3.05) is 18.0 Å². The van der Waals surface area contributed by atoms with Gasteiger partial charge in [0.25, 0.3) is 0 Å². The lowest BCUT2D eigenvalue weighted by Gasteiger charge is -2.49. The number of piperazine rings is 1. The van der Waals surface area contributed by atoms with E-state index in [0.29, 0.717) is 11.6 Å². The molecule has 0 aromatic carbocycles. The van der Waals surface area contributed by atoms with Crippen LogP contribution in [0.25, 0.3) is 0 Å². The summed E-state index contributed by atoms with van der Waals surface area (Å²) in [5.41, 5.74) is 2.83. The average molecular weight is 262 g/mol. The van der Waals surface area contributed by atoms with E-state index in [1.54, 1.807) is 0 Å². The second-order valence-corrected chi connectivity index (χ2v) is 6.47. The fourth-order valence-electron chi connectivity index (χ4n) is 3.77. The van der Waals surface area contributed by atoms with E-state index < -0.39 is 0 Å². The van der Waals surface area contributed by atoms with Crippen molar-refractivity contribution >= 4 is 5.69 Å². The molecule has 0 radical (unpaired) electrons. The van der Waals surface area contributed by atoms with E-state index in [-0.39, 0.29) is 0 Å². The Bertz CT molecular complexity index is 445. The quantitative estimate of drug-likeness (QED) is 0.842. The van der Waals surface area contributed by atoms with Crippen LogP contribution in [-0.4, -0.2) is 34.5 Å². The third-order valence-electron chi connectivity index (χ3n) is 4.89. The third-order valence-corrected chi connectivity index (χ3v) is 4.89. The van der Waals surface area contributed by atoms with Crippen molar-refractivity contribution in [2.45, 2.75) is 57.5 Å². The van der Waals surface area contributed by atoms with Gasteiger partial charge >= 0.3 is 0 Å². The lowest BCUT2D eigenvalue weighted by Crippen LogP contribution is -2.64. The molecule has 1 aromatic heterocycles. The molecule has 1 atom stereocenters. The van der Waals surface area contributed by atoms with Gasteiger partial charge in [0.1, 0.15) is 0 Å². The first-order valence-electron chi connectivity index (χ1n) is 7.62. The molecule has 0 amide bonds. The molecule has 4 heteroatoms. The van der Waals surface area contributed by atoms with Gasteiger partial charge in [0.05, 0.1) is 11.4 Å². The second-order valence-electron chi connectivity index (χ2n) is 6.47. The predicted octanol–water partition coefficient (Wildman–Crippen LogP) is 2.23. The maximum absolute atomic E-state index is 4.51. The summed E-state index contributed by atoms with van der Waals surface area (Å²) in [5, 5.41) is 8.35. The number of nitrogens with one attached hydrogen (secondary N) is 1. The molecule has 2 heterocycles. The molecule has 106 valence electrons. The SMILES string of the molecule is Cc1nn(C)cc1N1CC2(CCCCC2)NCC1C. The Morgan fingerprint density at radius 3 is 2.68 bits per heavy atom.